The molecule has 2 heterocycles. The lowest BCUT2D eigenvalue weighted by Crippen LogP contribution is -2.14. The molecule has 144 valence electrons. The Hall–Kier alpha value is -3.71. The van der Waals surface area contributed by atoms with Crippen LogP contribution in [0.1, 0.15) is 5.56 Å². The number of amides is 1. The van der Waals surface area contributed by atoms with Crippen LogP contribution >= 0.6 is 11.6 Å². The number of aromatic nitrogens is 4. The smallest absolute Gasteiger partial charge is 0.228 e. The largest absolute Gasteiger partial charge is 0.340 e. The zero-order valence-corrected chi connectivity index (χ0v) is 16.0. The van der Waals surface area contributed by atoms with Crippen molar-refractivity contribution >= 4 is 34.7 Å². The third-order valence-electron chi connectivity index (χ3n) is 4.11. The number of nitrogens with zero attached hydrogens (tertiary/aromatic N) is 4. The molecule has 0 atom stereocenters. The Labute approximate surface area is 172 Å². The molecular formula is C21H17ClN6O. The molecule has 0 fully saturated rings. The maximum Gasteiger partial charge on any atom is 0.228 e. The minimum absolute atomic E-state index is 0.0901. The maximum absolute atomic E-state index is 12.2. The Kier molecular flexibility index (Phi) is 5.49. The molecule has 8 heteroatoms. The van der Waals surface area contributed by atoms with Gasteiger partial charge in [-0.2, -0.15) is 5.10 Å². The zero-order valence-electron chi connectivity index (χ0n) is 15.3. The Bertz CT molecular complexity index is 1090. The Morgan fingerprint density at radius 2 is 1.76 bits per heavy atom. The zero-order chi connectivity index (χ0) is 20.1. The summed E-state index contributed by atoms with van der Waals surface area (Å²) < 4.78 is 1.66. The Balaban J connectivity index is 1.37. The molecule has 0 saturated carbocycles. The van der Waals surface area contributed by atoms with E-state index >= 15 is 0 Å². The number of carbonyl (C=O) groups excluding carboxylic acids is 1. The minimum Gasteiger partial charge on any atom is -0.340 e. The standard InChI is InChI=1S/C21H17ClN6O/c22-16-4-2-15(3-5-16)12-21(29)27-18-8-6-17(7-9-18)26-19-13-20(24-14-23-19)28-11-1-10-25-28/h1-11,13-14H,12H2,(H,27,29)(H,23,24,26). The molecule has 0 aliphatic rings. The molecular weight excluding hydrogens is 388 g/mol. The molecule has 0 saturated heterocycles. The number of hydrogen-bond acceptors (Lipinski definition) is 5. The van der Waals surface area contributed by atoms with Gasteiger partial charge in [-0.3, -0.25) is 4.79 Å². The van der Waals surface area contributed by atoms with Gasteiger partial charge >= 0.3 is 0 Å². The molecule has 0 unspecified atom stereocenters. The van der Waals surface area contributed by atoms with Crippen molar-refractivity contribution in [3.8, 4) is 5.82 Å². The highest BCUT2D eigenvalue weighted by Crippen LogP contribution is 2.19. The lowest BCUT2D eigenvalue weighted by molar-refractivity contribution is -0.115. The van der Waals surface area contributed by atoms with Gasteiger partial charge in [0.2, 0.25) is 5.91 Å². The first-order chi connectivity index (χ1) is 14.2. The molecule has 2 N–H and O–H groups in total. The third kappa shape index (κ3) is 4.97. The Morgan fingerprint density at radius 1 is 1.00 bits per heavy atom. The van der Waals surface area contributed by atoms with E-state index in [4.69, 9.17) is 11.6 Å². The molecule has 0 radical (unpaired) electrons. The molecule has 7 nitrogen and oxygen atoms in total. The van der Waals surface area contributed by atoms with Crippen LogP contribution < -0.4 is 10.6 Å². The van der Waals surface area contributed by atoms with Crippen LogP contribution in [0.15, 0.2) is 79.4 Å². The van der Waals surface area contributed by atoms with E-state index in [2.05, 4.69) is 25.7 Å². The van der Waals surface area contributed by atoms with E-state index in [0.29, 0.717) is 16.7 Å². The summed E-state index contributed by atoms with van der Waals surface area (Å²) in [6.45, 7) is 0. The highest BCUT2D eigenvalue weighted by atomic mass is 35.5. The molecule has 4 rings (SSSR count). The van der Waals surface area contributed by atoms with Gasteiger partial charge < -0.3 is 10.6 Å². The molecule has 2 aromatic carbocycles. The number of carbonyl (C=O) groups is 1. The van der Waals surface area contributed by atoms with Gasteiger partial charge in [0, 0.05) is 34.9 Å². The van der Waals surface area contributed by atoms with Gasteiger partial charge in [0.05, 0.1) is 6.42 Å². The number of benzene rings is 2. The van der Waals surface area contributed by atoms with Crippen LogP contribution in [0.25, 0.3) is 5.82 Å². The summed E-state index contributed by atoms with van der Waals surface area (Å²) in [5.74, 6) is 1.22. The number of anilines is 3. The molecule has 2 aromatic heterocycles. The van der Waals surface area contributed by atoms with Gasteiger partial charge in [-0.1, -0.05) is 23.7 Å². The van der Waals surface area contributed by atoms with Gasteiger partial charge in [0.15, 0.2) is 5.82 Å². The Morgan fingerprint density at radius 3 is 2.48 bits per heavy atom. The molecule has 0 aliphatic carbocycles. The van der Waals surface area contributed by atoms with Crippen LogP contribution in [-0.4, -0.2) is 25.7 Å². The highest BCUT2D eigenvalue weighted by Gasteiger charge is 2.06. The van der Waals surface area contributed by atoms with Crippen LogP contribution in [-0.2, 0) is 11.2 Å². The predicted octanol–water partition coefficient (Wildman–Crippen LogP) is 4.24. The van der Waals surface area contributed by atoms with Crippen LogP contribution in [0.3, 0.4) is 0 Å². The van der Waals surface area contributed by atoms with E-state index < -0.39 is 0 Å². The van der Waals surface area contributed by atoms with Crippen LogP contribution in [0.5, 0.6) is 0 Å². The topological polar surface area (TPSA) is 84.7 Å². The normalized spacial score (nSPS) is 10.5. The first kappa shape index (κ1) is 18.6. The summed E-state index contributed by atoms with van der Waals surface area (Å²) in [5.41, 5.74) is 2.46. The van der Waals surface area contributed by atoms with Crippen LogP contribution in [0.2, 0.25) is 5.02 Å². The van der Waals surface area contributed by atoms with Crippen molar-refractivity contribution in [2.45, 2.75) is 6.42 Å². The number of rotatable bonds is 6. The van der Waals surface area contributed by atoms with E-state index in [0.717, 1.165) is 16.9 Å². The summed E-state index contributed by atoms with van der Waals surface area (Å²) >= 11 is 5.87. The molecule has 0 spiro atoms. The van der Waals surface area contributed by atoms with E-state index in [-0.39, 0.29) is 12.3 Å². The van der Waals surface area contributed by atoms with Crippen molar-refractivity contribution in [1.29, 1.82) is 0 Å². The van der Waals surface area contributed by atoms with Crippen molar-refractivity contribution in [1.82, 2.24) is 19.7 Å². The fraction of sp³-hybridized carbons (Fsp3) is 0.0476. The fourth-order valence-electron chi connectivity index (χ4n) is 2.72. The minimum atomic E-state index is -0.0901. The number of halogens is 1. The van der Waals surface area contributed by atoms with Crippen molar-refractivity contribution in [2.75, 3.05) is 10.6 Å². The van der Waals surface area contributed by atoms with Crippen LogP contribution in [0, 0.1) is 0 Å². The monoisotopic (exact) mass is 404 g/mol. The van der Waals surface area contributed by atoms with Gasteiger partial charge in [-0.05, 0) is 48.0 Å². The van der Waals surface area contributed by atoms with Gasteiger partial charge in [0.25, 0.3) is 0 Å². The number of nitrogens with one attached hydrogen (secondary N) is 2. The third-order valence-corrected chi connectivity index (χ3v) is 4.36. The molecule has 29 heavy (non-hydrogen) atoms. The van der Waals surface area contributed by atoms with E-state index in [1.165, 1.54) is 6.33 Å². The second kappa shape index (κ2) is 8.53. The first-order valence-electron chi connectivity index (χ1n) is 8.89. The van der Waals surface area contributed by atoms with Crippen molar-refractivity contribution in [2.24, 2.45) is 0 Å². The maximum atomic E-state index is 12.2. The average Bonchev–Trinajstić information content (AvgIpc) is 3.26. The van der Waals surface area contributed by atoms with Gasteiger partial charge in [0.1, 0.15) is 12.1 Å². The summed E-state index contributed by atoms with van der Waals surface area (Å²) in [7, 11) is 0. The average molecular weight is 405 g/mol. The molecule has 1 amide bonds. The highest BCUT2D eigenvalue weighted by molar-refractivity contribution is 6.30. The lowest BCUT2D eigenvalue weighted by atomic mass is 10.1. The summed E-state index contributed by atoms with van der Waals surface area (Å²) in [4.78, 5) is 20.6. The summed E-state index contributed by atoms with van der Waals surface area (Å²) in [5, 5.41) is 10.9. The fourth-order valence-corrected chi connectivity index (χ4v) is 2.85. The van der Waals surface area contributed by atoms with Crippen molar-refractivity contribution < 1.29 is 4.79 Å². The van der Waals surface area contributed by atoms with Gasteiger partial charge in [-0.15, -0.1) is 0 Å². The SMILES string of the molecule is O=C(Cc1ccc(Cl)cc1)Nc1ccc(Nc2cc(-n3cccn3)ncn2)cc1. The molecule has 0 bridgehead atoms. The summed E-state index contributed by atoms with van der Waals surface area (Å²) in [6, 6.07) is 18.3. The van der Waals surface area contributed by atoms with E-state index in [9.17, 15) is 4.79 Å². The predicted molar refractivity (Wildman–Crippen MR) is 113 cm³/mol. The number of hydrogen-bond donors (Lipinski definition) is 2. The molecule has 0 aliphatic heterocycles. The lowest BCUT2D eigenvalue weighted by Gasteiger charge is -2.09. The molecule has 4 aromatic rings. The van der Waals surface area contributed by atoms with Crippen molar-refractivity contribution in [3.63, 3.8) is 0 Å². The van der Waals surface area contributed by atoms with Crippen molar-refractivity contribution in [3.05, 3.63) is 90.0 Å². The van der Waals surface area contributed by atoms with E-state index in [1.807, 2.05) is 48.7 Å². The summed E-state index contributed by atoms with van der Waals surface area (Å²) in [6.07, 6.45) is 5.27. The van der Waals surface area contributed by atoms with Gasteiger partial charge in [-0.25, -0.2) is 14.6 Å². The second-order valence-electron chi connectivity index (χ2n) is 6.27. The van der Waals surface area contributed by atoms with Crippen LogP contribution in [0.4, 0.5) is 17.2 Å². The first-order valence-corrected chi connectivity index (χ1v) is 9.27. The van der Waals surface area contributed by atoms with E-state index in [1.54, 1.807) is 29.1 Å². The quantitative estimate of drug-likeness (QED) is 0.502. The second-order valence-corrected chi connectivity index (χ2v) is 6.70.